The largest absolute Gasteiger partial charge is 0.323 e. The molecule has 0 saturated carbocycles. The molecule has 0 aliphatic rings. The van der Waals surface area contributed by atoms with E-state index in [2.05, 4.69) is 15.3 Å². The Bertz CT molecular complexity index is 337. The molecule has 0 fully saturated rings. The van der Waals surface area contributed by atoms with Gasteiger partial charge in [0.1, 0.15) is 0 Å². The van der Waals surface area contributed by atoms with Gasteiger partial charge in [0.15, 0.2) is 0 Å². The van der Waals surface area contributed by atoms with Gasteiger partial charge in [0, 0.05) is 12.7 Å². The van der Waals surface area contributed by atoms with E-state index < -0.39 is 0 Å². The maximum atomic E-state index is 11.3. The molecule has 1 N–H and O–H groups in total. The van der Waals surface area contributed by atoms with E-state index in [0.717, 1.165) is 18.8 Å². The van der Waals surface area contributed by atoms with Crippen molar-refractivity contribution in [3.63, 3.8) is 0 Å². The Morgan fingerprint density at radius 3 is 3.00 bits per heavy atom. The molecule has 5 nitrogen and oxygen atoms in total. The van der Waals surface area contributed by atoms with E-state index in [1.807, 2.05) is 31.2 Å². The number of amides is 1. The molecular formula is C10H18N4OS. The van der Waals surface area contributed by atoms with Crippen LogP contribution in [0.25, 0.3) is 0 Å². The Balaban J connectivity index is 2.42. The summed E-state index contributed by atoms with van der Waals surface area (Å²) < 4.78 is 1.83. The summed E-state index contributed by atoms with van der Waals surface area (Å²) in [4.78, 5) is 13.4. The lowest BCUT2D eigenvalue weighted by molar-refractivity contribution is -0.113. The van der Waals surface area contributed by atoms with Gasteiger partial charge in [0.25, 0.3) is 0 Å². The normalized spacial score (nSPS) is 10.8. The van der Waals surface area contributed by atoms with Gasteiger partial charge in [-0.1, -0.05) is 0 Å². The fourth-order valence-corrected chi connectivity index (χ4v) is 1.52. The summed E-state index contributed by atoms with van der Waals surface area (Å²) >= 11 is 1.50. The summed E-state index contributed by atoms with van der Waals surface area (Å²) in [5.41, 5.74) is 0.762. The summed E-state index contributed by atoms with van der Waals surface area (Å²) in [7, 11) is 4.04. The summed E-state index contributed by atoms with van der Waals surface area (Å²) in [5, 5.41) is 6.96. The van der Waals surface area contributed by atoms with E-state index in [9.17, 15) is 4.79 Å². The molecule has 0 saturated heterocycles. The third-order valence-corrected chi connectivity index (χ3v) is 2.52. The van der Waals surface area contributed by atoms with Gasteiger partial charge < -0.3 is 10.2 Å². The van der Waals surface area contributed by atoms with Gasteiger partial charge in [0.05, 0.1) is 24.2 Å². The number of thioether (sulfide) groups is 1. The topological polar surface area (TPSA) is 50.2 Å². The second kappa shape index (κ2) is 6.55. The Hall–Kier alpha value is -1.01. The van der Waals surface area contributed by atoms with Gasteiger partial charge in [-0.05, 0) is 20.4 Å². The number of hydrogen-bond acceptors (Lipinski definition) is 4. The van der Waals surface area contributed by atoms with Gasteiger partial charge in [-0.25, -0.2) is 0 Å². The molecule has 1 amide bonds. The van der Waals surface area contributed by atoms with Crippen molar-refractivity contribution in [3.05, 3.63) is 12.4 Å². The molecule has 90 valence electrons. The van der Waals surface area contributed by atoms with Gasteiger partial charge in [0.2, 0.25) is 5.91 Å². The Morgan fingerprint density at radius 2 is 2.38 bits per heavy atom. The maximum Gasteiger partial charge on any atom is 0.234 e. The lowest BCUT2D eigenvalue weighted by Crippen LogP contribution is -2.18. The summed E-state index contributed by atoms with van der Waals surface area (Å²) in [6, 6.07) is 0. The third-order valence-electron chi connectivity index (χ3n) is 1.97. The minimum Gasteiger partial charge on any atom is -0.323 e. The van der Waals surface area contributed by atoms with Crippen molar-refractivity contribution >= 4 is 23.4 Å². The quantitative estimate of drug-likeness (QED) is 0.799. The zero-order valence-electron chi connectivity index (χ0n) is 9.93. The van der Waals surface area contributed by atoms with Crippen molar-refractivity contribution in [2.75, 3.05) is 38.0 Å². The van der Waals surface area contributed by atoms with Crippen LogP contribution in [0.2, 0.25) is 0 Å². The van der Waals surface area contributed by atoms with Crippen molar-refractivity contribution < 1.29 is 4.79 Å². The van der Waals surface area contributed by atoms with Crippen LogP contribution in [0.5, 0.6) is 0 Å². The highest BCUT2D eigenvalue weighted by Gasteiger charge is 2.03. The van der Waals surface area contributed by atoms with Crippen molar-refractivity contribution in [1.29, 1.82) is 0 Å². The highest BCUT2D eigenvalue weighted by molar-refractivity contribution is 7.99. The lowest BCUT2D eigenvalue weighted by atomic mass is 10.5. The van der Waals surface area contributed by atoms with Gasteiger partial charge >= 0.3 is 0 Å². The van der Waals surface area contributed by atoms with Crippen LogP contribution in [0, 0.1) is 0 Å². The molecule has 0 aliphatic carbocycles. The van der Waals surface area contributed by atoms with Crippen molar-refractivity contribution in [3.8, 4) is 0 Å². The van der Waals surface area contributed by atoms with E-state index in [1.54, 1.807) is 6.20 Å². The van der Waals surface area contributed by atoms with Gasteiger partial charge in [-0.3, -0.25) is 9.48 Å². The number of hydrogen-bond donors (Lipinski definition) is 1. The van der Waals surface area contributed by atoms with E-state index in [0.29, 0.717) is 5.75 Å². The predicted molar refractivity (Wildman–Crippen MR) is 67.8 cm³/mol. The molecule has 1 aromatic rings. The zero-order valence-corrected chi connectivity index (χ0v) is 10.8. The molecule has 1 rings (SSSR count). The SMILES string of the molecule is CSCC(=O)Nc1cnn(CCN(C)C)c1. The average molecular weight is 242 g/mol. The van der Waals surface area contributed by atoms with Crippen LogP contribution in [0.1, 0.15) is 0 Å². The number of carbonyl (C=O) groups is 1. The highest BCUT2D eigenvalue weighted by atomic mass is 32.2. The number of nitrogens with zero attached hydrogens (tertiary/aromatic N) is 3. The van der Waals surface area contributed by atoms with Gasteiger partial charge in [-0.15, -0.1) is 0 Å². The van der Waals surface area contributed by atoms with Crippen molar-refractivity contribution in [2.24, 2.45) is 0 Å². The van der Waals surface area contributed by atoms with Crippen LogP contribution in [-0.2, 0) is 11.3 Å². The zero-order chi connectivity index (χ0) is 12.0. The van der Waals surface area contributed by atoms with Crippen LogP contribution in [0.4, 0.5) is 5.69 Å². The molecule has 0 radical (unpaired) electrons. The molecule has 0 unspecified atom stereocenters. The molecule has 16 heavy (non-hydrogen) atoms. The second-order valence-electron chi connectivity index (χ2n) is 3.78. The molecule has 1 aromatic heterocycles. The van der Waals surface area contributed by atoms with E-state index in [-0.39, 0.29) is 5.91 Å². The van der Waals surface area contributed by atoms with Crippen LogP contribution in [0.15, 0.2) is 12.4 Å². The molecule has 1 heterocycles. The summed E-state index contributed by atoms with van der Waals surface area (Å²) in [5.74, 6) is 0.489. The first-order valence-electron chi connectivity index (χ1n) is 5.08. The molecule has 0 spiro atoms. The first kappa shape index (κ1) is 13.1. The van der Waals surface area contributed by atoms with Crippen molar-refractivity contribution in [1.82, 2.24) is 14.7 Å². The smallest absolute Gasteiger partial charge is 0.234 e. The molecule has 0 bridgehead atoms. The number of nitrogens with one attached hydrogen (secondary N) is 1. The average Bonchev–Trinajstić information content (AvgIpc) is 2.63. The Kier molecular flexibility index (Phi) is 5.34. The van der Waals surface area contributed by atoms with Crippen LogP contribution in [-0.4, -0.2) is 53.2 Å². The summed E-state index contributed by atoms with van der Waals surface area (Å²) in [6.07, 6.45) is 5.43. The lowest BCUT2D eigenvalue weighted by Gasteiger charge is -2.08. The fourth-order valence-electron chi connectivity index (χ4n) is 1.18. The van der Waals surface area contributed by atoms with E-state index >= 15 is 0 Å². The number of anilines is 1. The maximum absolute atomic E-state index is 11.3. The molecule has 0 atom stereocenters. The van der Waals surface area contributed by atoms with E-state index in [4.69, 9.17) is 0 Å². The van der Waals surface area contributed by atoms with Crippen molar-refractivity contribution in [2.45, 2.75) is 6.54 Å². The first-order valence-corrected chi connectivity index (χ1v) is 6.47. The molecule has 0 aliphatic heterocycles. The number of carbonyl (C=O) groups excluding carboxylic acids is 1. The van der Waals surface area contributed by atoms with Crippen LogP contribution in [0.3, 0.4) is 0 Å². The molecule has 6 heteroatoms. The minimum absolute atomic E-state index is 0.0136. The predicted octanol–water partition coefficient (Wildman–Crippen LogP) is 0.746. The summed E-state index contributed by atoms with van der Waals surface area (Å²) in [6.45, 7) is 1.76. The number of rotatable bonds is 6. The standard InChI is InChI=1S/C10H18N4OS/c1-13(2)4-5-14-7-9(6-11-14)12-10(15)8-16-3/h6-7H,4-5,8H2,1-3H3,(H,12,15). The monoisotopic (exact) mass is 242 g/mol. The molecular weight excluding hydrogens is 224 g/mol. The fraction of sp³-hybridized carbons (Fsp3) is 0.600. The number of likely N-dealkylation sites (N-methyl/N-ethyl adjacent to an activating group) is 1. The Labute approximate surface area is 100 Å². The Morgan fingerprint density at radius 1 is 1.62 bits per heavy atom. The van der Waals surface area contributed by atoms with Crippen LogP contribution >= 0.6 is 11.8 Å². The van der Waals surface area contributed by atoms with Gasteiger partial charge in [-0.2, -0.15) is 16.9 Å². The third kappa shape index (κ3) is 4.67. The minimum atomic E-state index is 0.0136. The second-order valence-corrected chi connectivity index (χ2v) is 4.64. The molecule has 0 aromatic carbocycles. The van der Waals surface area contributed by atoms with Crippen LogP contribution < -0.4 is 5.32 Å². The number of aromatic nitrogens is 2. The highest BCUT2D eigenvalue weighted by Crippen LogP contribution is 2.05. The first-order chi connectivity index (χ1) is 7.61. The van der Waals surface area contributed by atoms with E-state index in [1.165, 1.54) is 11.8 Å².